The lowest BCUT2D eigenvalue weighted by Crippen LogP contribution is -2.22. The van der Waals surface area contributed by atoms with Crippen molar-refractivity contribution in [2.45, 2.75) is 33.5 Å². The quantitative estimate of drug-likeness (QED) is 0.185. The molecule has 0 heterocycles. The van der Waals surface area contributed by atoms with Crippen LogP contribution in [0.2, 0.25) is 0 Å². The van der Waals surface area contributed by atoms with E-state index in [9.17, 15) is 5.11 Å². The number of ether oxygens (including phenoxy) is 1. The maximum absolute atomic E-state index is 9.42. The Morgan fingerprint density at radius 2 is 1.90 bits per heavy atom. The number of aliphatic hydroxyl groups is 1. The Bertz CT molecular complexity index is 719. The van der Waals surface area contributed by atoms with Gasteiger partial charge < -0.3 is 14.7 Å². The zero-order valence-electron chi connectivity index (χ0n) is 17.8. The Morgan fingerprint density at radius 3 is 2.45 bits per heavy atom. The fraction of sp³-hybridized carbons (Fsp3) is 0.292. The molecular formula is C24H33BrN2O2. The van der Waals surface area contributed by atoms with Crippen LogP contribution >= 0.6 is 15.9 Å². The van der Waals surface area contributed by atoms with Crippen LogP contribution in [0.3, 0.4) is 0 Å². The van der Waals surface area contributed by atoms with E-state index in [1.807, 2.05) is 86.5 Å². The van der Waals surface area contributed by atoms with Crippen molar-refractivity contribution in [3.05, 3.63) is 89.1 Å². The number of rotatable bonds is 10. The summed E-state index contributed by atoms with van der Waals surface area (Å²) in [6.07, 6.45) is 14.3. The highest BCUT2D eigenvalue weighted by Gasteiger charge is 2.01. The van der Waals surface area contributed by atoms with Gasteiger partial charge in [0.15, 0.2) is 6.29 Å². The van der Waals surface area contributed by atoms with E-state index in [1.165, 1.54) is 7.11 Å². The highest BCUT2D eigenvalue weighted by molar-refractivity contribution is 9.10. The third-order valence-electron chi connectivity index (χ3n) is 3.63. The van der Waals surface area contributed by atoms with Crippen LogP contribution in [-0.2, 0) is 4.74 Å². The number of nitrogens with one attached hydrogen (secondary N) is 1. The molecule has 0 saturated carbocycles. The lowest BCUT2D eigenvalue weighted by Gasteiger charge is -2.16. The third kappa shape index (κ3) is 12.1. The van der Waals surface area contributed by atoms with Crippen LogP contribution in [0.4, 0.5) is 0 Å². The Morgan fingerprint density at radius 1 is 1.24 bits per heavy atom. The summed E-state index contributed by atoms with van der Waals surface area (Å²) in [5, 5.41) is 17.7. The predicted octanol–water partition coefficient (Wildman–Crippen LogP) is 6.32. The fourth-order valence-electron chi connectivity index (χ4n) is 2.10. The number of nitrogens with zero attached hydrogens (tertiary/aromatic N) is 1. The number of methoxy groups -OCH3 is 1. The summed E-state index contributed by atoms with van der Waals surface area (Å²) >= 11 is 3.41. The van der Waals surface area contributed by atoms with Gasteiger partial charge in [0.1, 0.15) is 5.84 Å². The number of amidine groups is 1. The van der Waals surface area contributed by atoms with Crippen molar-refractivity contribution in [2.75, 3.05) is 13.7 Å². The van der Waals surface area contributed by atoms with Crippen molar-refractivity contribution in [2.24, 2.45) is 0 Å². The first kappa shape index (κ1) is 26.8. The second-order valence-corrected chi connectivity index (χ2v) is 6.52. The van der Waals surface area contributed by atoms with Crippen LogP contribution < -0.4 is 0 Å². The monoisotopic (exact) mass is 460 g/mol. The molecule has 1 aromatic carbocycles. The highest BCUT2D eigenvalue weighted by atomic mass is 79.9. The van der Waals surface area contributed by atoms with E-state index in [-0.39, 0.29) is 0 Å². The molecule has 1 atom stereocenters. The van der Waals surface area contributed by atoms with Gasteiger partial charge in [0, 0.05) is 30.7 Å². The Kier molecular flexibility index (Phi) is 15.4. The van der Waals surface area contributed by atoms with Gasteiger partial charge in [0.25, 0.3) is 0 Å². The van der Waals surface area contributed by atoms with Gasteiger partial charge in [0.05, 0.1) is 0 Å². The number of halogens is 1. The normalized spacial score (nSPS) is 12.8. The molecule has 0 aliphatic carbocycles. The second-order valence-electron chi connectivity index (χ2n) is 5.60. The summed E-state index contributed by atoms with van der Waals surface area (Å²) in [6.45, 7) is 10.4. The molecule has 1 unspecified atom stereocenters. The second kappa shape index (κ2) is 16.7. The molecule has 0 amide bonds. The summed E-state index contributed by atoms with van der Waals surface area (Å²) in [6, 6.07) is 7.92. The Labute approximate surface area is 184 Å². The molecule has 0 spiro atoms. The molecule has 0 fully saturated rings. The molecule has 0 aliphatic rings. The standard InChI is InChI=1S/C22H27BrN2O2.C2H6/c1-4-7-18(8-6-9-22(26)27-3)16-17-25(5-2)21(24)15-12-19-10-13-20(23)14-11-19;1-2/h4,6-8,10-17,22,24,26H,1,5,9H2,2-3H3;1-2H3/b8-6-,15-12+,17-16+,18-7+,24-21?;. The molecule has 1 rings (SSSR count). The molecule has 0 saturated heterocycles. The number of benzene rings is 1. The lowest BCUT2D eigenvalue weighted by atomic mass is 10.2. The first-order valence-corrected chi connectivity index (χ1v) is 10.5. The first-order valence-electron chi connectivity index (χ1n) is 9.67. The lowest BCUT2D eigenvalue weighted by molar-refractivity contribution is -0.0702. The molecule has 0 bridgehead atoms. The van der Waals surface area contributed by atoms with Crippen molar-refractivity contribution in [1.82, 2.24) is 4.90 Å². The smallest absolute Gasteiger partial charge is 0.157 e. The van der Waals surface area contributed by atoms with Crippen molar-refractivity contribution >= 4 is 27.8 Å². The number of aliphatic hydroxyl groups excluding tert-OH is 1. The topological polar surface area (TPSA) is 56.6 Å². The summed E-state index contributed by atoms with van der Waals surface area (Å²) in [7, 11) is 1.46. The molecule has 158 valence electrons. The van der Waals surface area contributed by atoms with Crippen LogP contribution in [0.25, 0.3) is 6.08 Å². The van der Waals surface area contributed by atoms with Gasteiger partial charge in [-0.1, -0.05) is 78.9 Å². The first-order chi connectivity index (χ1) is 14.0. The minimum atomic E-state index is -0.806. The number of hydrogen-bond donors (Lipinski definition) is 2. The van der Waals surface area contributed by atoms with Crippen molar-refractivity contribution in [3.63, 3.8) is 0 Å². The minimum absolute atomic E-state index is 0.397. The van der Waals surface area contributed by atoms with Gasteiger partial charge >= 0.3 is 0 Å². The molecule has 0 radical (unpaired) electrons. The third-order valence-corrected chi connectivity index (χ3v) is 4.16. The molecule has 5 heteroatoms. The summed E-state index contributed by atoms with van der Waals surface area (Å²) in [5.74, 6) is 0.397. The fourth-order valence-corrected chi connectivity index (χ4v) is 2.36. The van der Waals surface area contributed by atoms with Gasteiger partial charge in [-0.2, -0.15) is 0 Å². The summed E-state index contributed by atoms with van der Waals surface area (Å²) in [5.41, 5.74) is 1.95. The SMILES string of the molecule is C=C/C=C(\C=C/CC(O)OC)/C=C/N(CC)C(=N)/C=C/c1ccc(Br)cc1.CC. The van der Waals surface area contributed by atoms with E-state index < -0.39 is 6.29 Å². The van der Waals surface area contributed by atoms with Gasteiger partial charge in [-0.3, -0.25) is 5.41 Å². The maximum Gasteiger partial charge on any atom is 0.157 e. The highest BCUT2D eigenvalue weighted by Crippen LogP contribution is 2.12. The number of likely N-dealkylation sites (N-methyl/N-ethyl adjacent to an activating group) is 1. The molecular weight excluding hydrogens is 428 g/mol. The molecule has 1 aromatic rings. The van der Waals surface area contributed by atoms with E-state index >= 15 is 0 Å². The Balaban J connectivity index is 0.00000379. The van der Waals surface area contributed by atoms with Crippen LogP contribution in [0.1, 0.15) is 32.8 Å². The van der Waals surface area contributed by atoms with Gasteiger partial charge in [0.2, 0.25) is 0 Å². The van der Waals surface area contributed by atoms with Crippen LogP contribution in [0.15, 0.2) is 83.5 Å². The largest absolute Gasteiger partial charge is 0.368 e. The van der Waals surface area contributed by atoms with Gasteiger partial charge in [-0.25, -0.2) is 0 Å². The molecule has 0 aromatic heterocycles. The van der Waals surface area contributed by atoms with Gasteiger partial charge in [-0.05, 0) is 42.3 Å². The van der Waals surface area contributed by atoms with Crippen molar-refractivity contribution in [1.29, 1.82) is 5.41 Å². The summed E-state index contributed by atoms with van der Waals surface area (Å²) < 4.78 is 5.84. The van der Waals surface area contributed by atoms with Gasteiger partial charge in [-0.15, -0.1) is 0 Å². The zero-order valence-corrected chi connectivity index (χ0v) is 19.4. The summed E-state index contributed by atoms with van der Waals surface area (Å²) in [4.78, 5) is 1.84. The van der Waals surface area contributed by atoms with Crippen molar-refractivity contribution < 1.29 is 9.84 Å². The van der Waals surface area contributed by atoms with E-state index in [4.69, 9.17) is 10.1 Å². The zero-order chi connectivity index (χ0) is 22.1. The average Bonchev–Trinajstić information content (AvgIpc) is 2.74. The van der Waals surface area contributed by atoms with E-state index in [0.717, 1.165) is 15.6 Å². The maximum atomic E-state index is 9.42. The minimum Gasteiger partial charge on any atom is -0.368 e. The van der Waals surface area contributed by atoms with Crippen LogP contribution in [0, 0.1) is 5.41 Å². The van der Waals surface area contributed by atoms with Crippen molar-refractivity contribution in [3.8, 4) is 0 Å². The number of hydrogen-bond acceptors (Lipinski definition) is 3. The molecule has 2 N–H and O–H groups in total. The van der Waals surface area contributed by atoms with Crippen LogP contribution in [0.5, 0.6) is 0 Å². The van der Waals surface area contributed by atoms with E-state index in [0.29, 0.717) is 18.8 Å². The molecule has 0 aliphatic heterocycles. The molecule has 29 heavy (non-hydrogen) atoms. The molecule has 4 nitrogen and oxygen atoms in total. The van der Waals surface area contributed by atoms with E-state index in [2.05, 4.69) is 22.5 Å². The predicted molar refractivity (Wildman–Crippen MR) is 129 cm³/mol. The van der Waals surface area contributed by atoms with E-state index in [1.54, 1.807) is 12.2 Å². The van der Waals surface area contributed by atoms with Crippen LogP contribution in [-0.4, -0.2) is 35.8 Å². The Hall–Kier alpha value is -2.21. The average molecular weight is 461 g/mol. The number of allylic oxidation sites excluding steroid dienone is 5.